The summed E-state index contributed by atoms with van der Waals surface area (Å²) in [6.07, 6.45) is 6.98. The van der Waals surface area contributed by atoms with E-state index in [1.165, 1.54) is 0 Å². The minimum absolute atomic E-state index is 0.0196. The van der Waals surface area contributed by atoms with Gasteiger partial charge in [-0.15, -0.1) is 0 Å². The van der Waals surface area contributed by atoms with E-state index in [9.17, 15) is 14.7 Å². The Kier molecular flexibility index (Phi) is 5.02. The van der Waals surface area contributed by atoms with Gasteiger partial charge in [-0.05, 0) is 38.6 Å². The third-order valence-electron chi connectivity index (χ3n) is 4.63. The smallest absolute Gasteiger partial charge is 0.326 e. The first kappa shape index (κ1) is 15.3. The second kappa shape index (κ2) is 6.57. The normalized spacial score (nSPS) is 31.1. The monoisotopic (exact) mass is 282 g/mol. The molecular formula is C15H26N2O3. The second-order valence-corrected chi connectivity index (χ2v) is 6.06. The number of carbonyl (C=O) groups is 2. The molecule has 2 heterocycles. The van der Waals surface area contributed by atoms with Gasteiger partial charge in [0.25, 0.3) is 0 Å². The van der Waals surface area contributed by atoms with Gasteiger partial charge < -0.3 is 15.3 Å². The van der Waals surface area contributed by atoms with Gasteiger partial charge in [0.05, 0.1) is 5.54 Å². The van der Waals surface area contributed by atoms with Crippen molar-refractivity contribution in [3.8, 4) is 0 Å². The first-order valence-electron chi connectivity index (χ1n) is 7.89. The third kappa shape index (κ3) is 2.97. The number of rotatable bonds is 4. The molecule has 0 aliphatic carbocycles. The highest BCUT2D eigenvalue weighted by atomic mass is 16.4. The average Bonchev–Trinajstić information content (AvgIpc) is 2.75. The van der Waals surface area contributed by atoms with E-state index in [2.05, 4.69) is 12.2 Å². The predicted molar refractivity (Wildman–Crippen MR) is 76.5 cm³/mol. The summed E-state index contributed by atoms with van der Waals surface area (Å²) in [5.74, 6) is -0.837. The van der Waals surface area contributed by atoms with Gasteiger partial charge in [0.1, 0.15) is 6.04 Å². The summed E-state index contributed by atoms with van der Waals surface area (Å²) in [5.41, 5.74) is -0.507. The molecule has 5 nitrogen and oxygen atoms in total. The zero-order chi connectivity index (χ0) is 14.6. The van der Waals surface area contributed by atoms with Crippen LogP contribution in [0.1, 0.15) is 58.3 Å². The van der Waals surface area contributed by atoms with Crippen molar-refractivity contribution in [3.05, 3.63) is 0 Å². The van der Waals surface area contributed by atoms with Gasteiger partial charge in [-0.25, -0.2) is 4.79 Å². The highest BCUT2D eigenvalue weighted by molar-refractivity contribution is 5.90. The highest BCUT2D eigenvalue weighted by Gasteiger charge is 2.45. The van der Waals surface area contributed by atoms with Crippen LogP contribution in [0.15, 0.2) is 0 Å². The molecule has 2 atom stereocenters. The number of hydrogen-bond acceptors (Lipinski definition) is 3. The molecule has 0 aromatic rings. The molecule has 0 bridgehead atoms. The van der Waals surface area contributed by atoms with Gasteiger partial charge in [-0.2, -0.15) is 0 Å². The summed E-state index contributed by atoms with van der Waals surface area (Å²) in [4.78, 5) is 26.1. The number of aliphatic carboxylic acids is 1. The van der Waals surface area contributed by atoms with Crippen molar-refractivity contribution in [2.24, 2.45) is 0 Å². The van der Waals surface area contributed by atoms with Gasteiger partial charge in [-0.3, -0.25) is 4.79 Å². The van der Waals surface area contributed by atoms with Crippen molar-refractivity contribution in [1.82, 2.24) is 10.2 Å². The molecule has 1 amide bonds. The molecule has 0 aromatic carbocycles. The molecule has 2 unspecified atom stereocenters. The van der Waals surface area contributed by atoms with Crippen LogP contribution in [0.5, 0.6) is 0 Å². The first-order valence-corrected chi connectivity index (χ1v) is 7.89. The minimum Gasteiger partial charge on any atom is -0.480 e. The van der Waals surface area contributed by atoms with Crippen molar-refractivity contribution < 1.29 is 14.7 Å². The largest absolute Gasteiger partial charge is 0.480 e. The Labute approximate surface area is 120 Å². The molecule has 0 spiro atoms. The number of carboxylic acids is 1. The first-order chi connectivity index (χ1) is 9.60. The van der Waals surface area contributed by atoms with E-state index in [0.29, 0.717) is 13.0 Å². The summed E-state index contributed by atoms with van der Waals surface area (Å²) in [7, 11) is 0. The van der Waals surface area contributed by atoms with Crippen molar-refractivity contribution >= 4 is 11.9 Å². The maximum absolute atomic E-state index is 13.0. The van der Waals surface area contributed by atoms with Gasteiger partial charge >= 0.3 is 5.97 Å². The molecule has 2 rings (SSSR count). The predicted octanol–water partition coefficient (Wildman–Crippen LogP) is 1.76. The van der Waals surface area contributed by atoms with E-state index in [-0.39, 0.29) is 5.91 Å². The maximum atomic E-state index is 13.0. The molecule has 0 radical (unpaired) electrons. The quantitative estimate of drug-likeness (QED) is 0.824. The standard InChI is InChI=1S/C15H26N2O3/c1-2-8-15(9-6-10-16-15)14(20)17-11-5-3-4-7-12(17)13(18)19/h12,16H,2-11H2,1H3,(H,18,19). The lowest BCUT2D eigenvalue weighted by atomic mass is 9.89. The number of nitrogens with one attached hydrogen (secondary N) is 1. The van der Waals surface area contributed by atoms with E-state index in [4.69, 9.17) is 0 Å². The topological polar surface area (TPSA) is 69.6 Å². The number of likely N-dealkylation sites (tertiary alicyclic amines) is 1. The van der Waals surface area contributed by atoms with E-state index >= 15 is 0 Å². The van der Waals surface area contributed by atoms with Gasteiger partial charge in [0.15, 0.2) is 0 Å². The van der Waals surface area contributed by atoms with Crippen molar-refractivity contribution in [1.29, 1.82) is 0 Å². The zero-order valence-electron chi connectivity index (χ0n) is 12.4. The number of carboxylic acid groups (broad SMARTS) is 1. The Morgan fingerprint density at radius 3 is 2.70 bits per heavy atom. The van der Waals surface area contributed by atoms with Crippen molar-refractivity contribution in [2.45, 2.75) is 69.9 Å². The van der Waals surface area contributed by atoms with Gasteiger partial charge in [0, 0.05) is 6.54 Å². The van der Waals surface area contributed by atoms with Gasteiger partial charge in [-0.1, -0.05) is 26.2 Å². The summed E-state index contributed by atoms with van der Waals surface area (Å²) in [6.45, 7) is 3.52. The molecule has 20 heavy (non-hydrogen) atoms. The Morgan fingerprint density at radius 2 is 2.10 bits per heavy atom. The van der Waals surface area contributed by atoms with E-state index in [1.54, 1.807) is 4.90 Å². The Balaban J connectivity index is 2.20. The molecule has 2 N–H and O–H groups in total. The van der Waals surface area contributed by atoms with E-state index in [1.807, 2.05) is 0 Å². The molecular weight excluding hydrogens is 256 g/mol. The van der Waals surface area contributed by atoms with Crippen LogP contribution in [0, 0.1) is 0 Å². The Bertz CT molecular complexity index is 364. The van der Waals surface area contributed by atoms with E-state index in [0.717, 1.165) is 51.5 Å². The lowest BCUT2D eigenvalue weighted by Gasteiger charge is -2.36. The summed E-state index contributed by atoms with van der Waals surface area (Å²) < 4.78 is 0. The second-order valence-electron chi connectivity index (χ2n) is 6.06. The van der Waals surface area contributed by atoms with Crippen LogP contribution < -0.4 is 5.32 Å². The molecule has 2 fully saturated rings. The zero-order valence-corrected chi connectivity index (χ0v) is 12.4. The summed E-state index contributed by atoms with van der Waals surface area (Å²) in [5, 5.41) is 12.8. The fraction of sp³-hybridized carbons (Fsp3) is 0.867. The van der Waals surface area contributed by atoms with Crippen LogP contribution in [0.25, 0.3) is 0 Å². The van der Waals surface area contributed by atoms with E-state index < -0.39 is 17.6 Å². The lowest BCUT2D eigenvalue weighted by molar-refractivity contribution is -0.153. The molecule has 0 aromatic heterocycles. The SMILES string of the molecule is CCCC1(C(=O)N2CCCCCC2C(=O)O)CCCN1. The molecule has 2 aliphatic rings. The van der Waals surface area contributed by atoms with Crippen LogP contribution in [0.2, 0.25) is 0 Å². The molecule has 5 heteroatoms. The fourth-order valence-corrected chi connectivity index (χ4v) is 3.62. The van der Waals surface area contributed by atoms with Crippen LogP contribution in [-0.4, -0.2) is 46.6 Å². The molecule has 2 aliphatic heterocycles. The van der Waals surface area contributed by atoms with Crippen LogP contribution in [0.4, 0.5) is 0 Å². The summed E-state index contributed by atoms with van der Waals surface area (Å²) >= 11 is 0. The van der Waals surface area contributed by atoms with Gasteiger partial charge in [0.2, 0.25) is 5.91 Å². The number of amides is 1. The maximum Gasteiger partial charge on any atom is 0.326 e. The Morgan fingerprint density at radius 1 is 1.30 bits per heavy atom. The van der Waals surface area contributed by atoms with Crippen molar-refractivity contribution in [2.75, 3.05) is 13.1 Å². The van der Waals surface area contributed by atoms with Crippen molar-refractivity contribution in [3.63, 3.8) is 0 Å². The average molecular weight is 282 g/mol. The molecule has 2 saturated heterocycles. The lowest BCUT2D eigenvalue weighted by Crippen LogP contribution is -2.58. The minimum atomic E-state index is -0.857. The Hall–Kier alpha value is -1.10. The number of carbonyl (C=O) groups excluding carboxylic acids is 1. The van der Waals surface area contributed by atoms with Crippen LogP contribution in [-0.2, 0) is 9.59 Å². The third-order valence-corrected chi connectivity index (χ3v) is 4.63. The highest BCUT2D eigenvalue weighted by Crippen LogP contribution is 2.30. The van der Waals surface area contributed by atoms with Crippen LogP contribution in [0.3, 0.4) is 0 Å². The fourth-order valence-electron chi connectivity index (χ4n) is 3.62. The summed E-state index contributed by atoms with van der Waals surface area (Å²) in [6, 6.07) is -0.638. The molecule has 114 valence electrons. The molecule has 0 saturated carbocycles. The number of nitrogens with zero attached hydrogens (tertiary/aromatic N) is 1. The van der Waals surface area contributed by atoms with Crippen LogP contribution >= 0.6 is 0 Å². The number of hydrogen-bond donors (Lipinski definition) is 2.